The first-order valence-corrected chi connectivity index (χ1v) is 8.30. The van der Waals surface area contributed by atoms with Crippen molar-refractivity contribution in [1.82, 2.24) is 9.78 Å². The van der Waals surface area contributed by atoms with Crippen molar-refractivity contribution in [3.63, 3.8) is 0 Å². The summed E-state index contributed by atoms with van der Waals surface area (Å²) in [7, 11) is 0. The summed E-state index contributed by atoms with van der Waals surface area (Å²) in [6, 6.07) is 7.27. The van der Waals surface area contributed by atoms with Crippen LogP contribution in [0.3, 0.4) is 0 Å². The molecule has 23 heavy (non-hydrogen) atoms. The fraction of sp³-hybridized carbons (Fsp3) is 0.333. The SMILES string of the molecule is CCOC(=O)CCCn1nc(-c2ccc(Cl)cc2)s/c1=N\C=O. The quantitative estimate of drug-likeness (QED) is 0.566. The molecule has 0 bridgehead atoms. The van der Waals surface area contributed by atoms with Crippen molar-refractivity contribution in [2.75, 3.05) is 6.61 Å². The van der Waals surface area contributed by atoms with Crippen LogP contribution < -0.4 is 4.80 Å². The van der Waals surface area contributed by atoms with Crippen LogP contribution in [0.2, 0.25) is 5.02 Å². The zero-order chi connectivity index (χ0) is 16.7. The minimum atomic E-state index is -0.241. The average molecular weight is 354 g/mol. The van der Waals surface area contributed by atoms with Crippen molar-refractivity contribution < 1.29 is 14.3 Å². The number of aryl methyl sites for hydroxylation is 1. The lowest BCUT2D eigenvalue weighted by atomic mass is 10.2. The Kier molecular flexibility index (Phi) is 6.49. The van der Waals surface area contributed by atoms with Crippen LogP contribution in [-0.2, 0) is 20.9 Å². The van der Waals surface area contributed by atoms with Gasteiger partial charge in [-0.15, -0.1) is 0 Å². The molecule has 122 valence electrons. The first kappa shape index (κ1) is 17.4. The first-order valence-electron chi connectivity index (χ1n) is 7.11. The minimum absolute atomic E-state index is 0.241. The molecule has 0 radical (unpaired) electrons. The van der Waals surface area contributed by atoms with E-state index in [1.165, 1.54) is 11.3 Å². The van der Waals surface area contributed by atoms with E-state index in [-0.39, 0.29) is 5.97 Å². The summed E-state index contributed by atoms with van der Waals surface area (Å²) in [5.74, 6) is -0.241. The number of halogens is 1. The van der Waals surface area contributed by atoms with Crippen molar-refractivity contribution in [2.24, 2.45) is 4.99 Å². The summed E-state index contributed by atoms with van der Waals surface area (Å²) in [6.45, 7) is 2.62. The molecule has 0 aliphatic rings. The lowest BCUT2D eigenvalue weighted by Gasteiger charge is -2.02. The number of carbonyl (C=O) groups excluding carboxylic acids is 2. The predicted molar refractivity (Wildman–Crippen MR) is 88.0 cm³/mol. The minimum Gasteiger partial charge on any atom is -0.466 e. The number of hydrogen-bond acceptors (Lipinski definition) is 5. The number of carbonyl (C=O) groups is 2. The number of hydrogen-bond donors (Lipinski definition) is 0. The topological polar surface area (TPSA) is 73.6 Å². The fourth-order valence-electron chi connectivity index (χ4n) is 1.91. The monoisotopic (exact) mass is 353 g/mol. The Morgan fingerprint density at radius 2 is 2.17 bits per heavy atom. The van der Waals surface area contributed by atoms with Gasteiger partial charge in [0.05, 0.1) is 6.61 Å². The summed E-state index contributed by atoms with van der Waals surface area (Å²) in [5.41, 5.74) is 0.894. The fourth-order valence-corrected chi connectivity index (χ4v) is 2.94. The Bertz CT molecular complexity index is 737. The summed E-state index contributed by atoms with van der Waals surface area (Å²) in [6.07, 6.45) is 1.35. The smallest absolute Gasteiger partial charge is 0.305 e. The van der Waals surface area contributed by atoms with Crippen molar-refractivity contribution in [1.29, 1.82) is 0 Å². The van der Waals surface area contributed by atoms with Crippen LogP contribution in [-0.4, -0.2) is 28.8 Å². The average Bonchev–Trinajstić information content (AvgIpc) is 2.92. The maximum Gasteiger partial charge on any atom is 0.305 e. The third kappa shape index (κ3) is 5.01. The van der Waals surface area contributed by atoms with E-state index in [9.17, 15) is 9.59 Å². The zero-order valence-electron chi connectivity index (χ0n) is 12.6. The summed E-state index contributed by atoms with van der Waals surface area (Å²) < 4.78 is 6.51. The predicted octanol–water partition coefficient (Wildman–Crippen LogP) is 2.67. The van der Waals surface area contributed by atoms with E-state index < -0.39 is 0 Å². The molecule has 0 atom stereocenters. The van der Waals surface area contributed by atoms with Gasteiger partial charge in [0, 0.05) is 23.6 Å². The first-order chi connectivity index (χ1) is 11.1. The normalized spacial score (nSPS) is 11.5. The van der Waals surface area contributed by atoms with E-state index in [0.717, 1.165) is 10.6 Å². The molecule has 0 unspecified atom stereocenters. The molecule has 0 saturated heterocycles. The van der Waals surface area contributed by atoms with Gasteiger partial charge in [-0.1, -0.05) is 35.1 Å². The standard InChI is InChI=1S/C15H16ClN3O3S/c1-2-22-13(21)4-3-9-19-15(17-10-20)23-14(18-19)11-5-7-12(16)8-6-11/h5-8,10H,2-4,9H2,1H3/b17-15-. The molecule has 2 rings (SSSR count). The summed E-state index contributed by atoms with van der Waals surface area (Å²) in [5, 5.41) is 5.84. The number of benzene rings is 1. The largest absolute Gasteiger partial charge is 0.466 e. The lowest BCUT2D eigenvalue weighted by Crippen LogP contribution is -2.17. The molecule has 1 heterocycles. The Morgan fingerprint density at radius 1 is 1.43 bits per heavy atom. The van der Waals surface area contributed by atoms with Gasteiger partial charge in [0.2, 0.25) is 11.2 Å². The van der Waals surface area contributed by atoms with Gasteiger partial charge in [-0.25, -0.2) is 4.68 Å². The van der Waals surface area contributed by atoms with Crippen LogP contribution in [0.1, 0.15) is 19.8 Å². The van der Waals surface area contributed by atoms with E-state index in [1.807, 2.05) is 12.1 Å². The van der Waals surface area contributed by atoms with Gasteiger partial charge in [0.1, 0.15) is 5.01 Å². The van der Waals surface area contributed by atoms with E-state index in [1.54, 1.807) is 23.7 Å². The zero-order valence-corrected chi connectivity index (χ0v) is 14.1. The lowest BCUT2D eigenvalue weighted by molar-refractivity contribution is -0.143. The number of nitrogens with zero attached hydrogens (tertiary/aromatic N) is 3. The summed E-state index contributed by atoms with van der Waals surface area (Å²) in [4.78, 5) is 26.3. The molecule has 6 nitrogen and oxygen atoms in total. The highest BCUT2D eigenvalue weighted by Crippen LogP contribution is 2.21. The third-order valence-corrected chi connectivity index (χ3v) is 4.19. The molecule has 0 N–H and O–H groups in total. The maximum atomic E-state index is 11.4. The second-order valence-electron chi connectivity index (χ2n) is 4.56. The van der Waals surface area contributed by atoms with E-state index >= 15 is 0 Å². The molecule has 0 fully saturated rings. The second kappa shape index (κ2) is 8.59. The molecule has 0 saturated carbocycles. The molecular formula is C15H16ClN3O3S. The van der Waals surface area contributed by atoms with Crippen molar-refractivity contribution in [3.05, 3.63) is 34.1 Å². The molecular weight excluding hydrogens is 338 g/mol. The molecule has 0 aliphatic heterocycles. The number of esters is 1. The molecule has 1 amide bonds. The van der Waals surface area contributed by atoms with E-state index in [4.69, 9.17) is 16.3 Å². The molecule has 0 aliphatic carbocycles. The highest BCUT2D eigenvalue weighted by atomic mass is 35.5. The highest BCUT2D eigenvalue weighted by Gasteiger charge is 2.09. The Balaban J connectivity index is 2.15. The van der Waals surface area contributed by atoms with Gasteiger partial charge in [-0.2, -0.15) is 10.1 Å². The van der Waals surface area contributed by atoms with Crippen molar-refractivity contribution in [3.8, 4) is 10.6 Å². The van der Waals surface area contributed by atoms with Gasteiger partial charge >= 0.3 is 5.97 Å². The van der Waals surface area contributed by atoms with Crippen LogP contribution in [0.5, 0.6) is 0 Å². The maximum absolute atomic E-state index is 11.4. The van der Waals surface area contributed by atoms with Crippen molar-refractivity contribution in [2.45, 2.75) is 26.3 Å². The van der Waals surface area contributed by atoms with E-state index in [2.05, 4.69) is 10.1 Å². The Morgan fingerprint density at radius 3 is 2.83 bits per heavy atom. The van der Waals surface area contributed by atoms with E-state index in [0.29, 0.717) is 42.2 Å². The number of rotatable bonds is 7. The van der Waals surface area contributed by atoms with Gasteiger partial charge in [0.25, 0.3) is 0 Å². The van der Waals surface area contributed by atoms with Gasteiger partial charge < -0.3 is 4.74 Å². The molecule has 1 aromatic carbocycles. The molecule has 0 spiro atoms. The number of ether oxygens (including phenoxy) is 1. The van der Waals surface area contributed by atoms with Crippen LogP contribution in [0.15, 0.2) is 29.3 Å². The third-order valence-electron chi connectivity index (χ3n) is 2.93. The van der Waals surface area contributed by atoms with Crippen LogP contribution in [0.4, 0.5) is 0 Å². The number of amides is 1. The summed E-state index contributed by atoms with van der Waals surface area (Å²) >= 11 is 7.19. The molecule has 8 heteroatoms. The number of aromatic nitrogens is 2. The molecule has 1 aromatic heterocycles. The van der Waals surface area contributed by atoms with Crippen molar-refractivity contribution >= 4 is 35.3 Å². The highest BCUT2D eigenvalue weighted by molar-refractivity contribution is 7.12. The second-order valence-corrected chi connectivity index (χ2v) is 5.96. The van der Waals surface area contributed by atoms with Crippen LogP contribution in [0.25, 0.3) is 10.6 Å². The van der Waals surface area contributed by atoms with Crippen LogP contribution >= 0.6 is 22.9 Å². The Hall–Kier alpha value is -1.99. The van der Waals surface area contributed by atoms with Gasteiger partial charge in [0.15, 0.2) is 0 Å². The van der Waals surface area contributed by atoms with Gasteiger partial charge in [-0.3, -0.25) is 9.59 Å². The molecule has 2 aromatic rings. The Labute approximate surface area is 142 Å². The van der Waals surface area contributed by atoms with Gasteiger partial charge in [-0.05, 0) is 25.5 Å². The van der Waals surface area contributed by atoms with Crippen LogP contribution in [0, 0.1) is 0 Å².